The zero-order chi connectivity index (χ0) is 14.1. The highest BCUT2D eigenvalue weighted by Gasteiger charge is 2.22. The van der Waals surface area contributed by atoms with E-state index in [2.05, 4.69) is 19.2 Å². The Bertz CT molecular complexity index is 229. The molecule has 0 aromatic rings. The second-order valence-electron chi connectivity index (χ2n) is 6.36. The van der Waals surface area contributed by atoms with Gasteiger partial charge in [-0.25, -0.2) is 0 Å². The second kappa shape index (κ2) is 8.93. The van der Waals surface area contributed by atoms with Crippen molar-refractivity contribution < 1.29 is 9.84 Å². The number of rotatable bonds is 9. The summed E-state index contributed by atoms with van der Waals surface area (Å²) >= 11 is 0. The SMILES string of the molecule is CCC1CCCC(OCCCCC(C)(CO)NC)C1. The van der Waals surface area contributed by atoms with Crippen LogP contribution in [-0.4, -0.2) is 37.0 Å². The van der Waals surface area contributed by atoms with Crippen molar-refractivity contribution in [2.45, 2.75) is 76.9 Å². The summed E-state index contributed by atoms with van der Waals surface area (Å²) in [7, 11) is 1.92. The highest BCUT2D eigenvalue weighted by atomic mass is 16.5. The molecule has 0 aromatic carbocycles. The Kier molecular flexibility index (Phi) is 7.96. The van der Waals surface area contributed by atoms with Crippen molar-refractivity contribution in [2.24, 2.45) is 5.92 Å². The minimum Gasteiger partial charge on any atom is -0.394 e. The molecule has 2 N–H and O–H groups in total. The Morgan fingerprint density at radius 2 is 2.11 bits per heavy atom. The van der Waals surface area contributed by atoms with Crippen molar-refractivity contribution in [3.8, 4) is 0 Å². The minimum atomic E-state index is -0.127. The van der Waals surface area contributed by atoms with Gasteiger partial charge in [-0.05, 0) is 52.0 Å². The molecule has 1 aliphatic rings. The van der Waals surface area contributed by atoms with Crippen molar-refractivity contribution >= 4 is 0 Å². The van der Waals surface area contributed by atoms with Crippen LogP contribution in [0, 0.1) is 5.92 Å². The van der Waals surface area contributed by atoms with Crippen molar-refractivity contribution in [1.82, 2.24) is 5.32 Å². The lowest BCUT2D eigenvalue weighted by Crippen LogP contribution is -2.43. The summed E-state index contributed by atoms with van der Waals surface area (Å²) in [5.74, 6) is 0.890. The van der Waals surface area contributed by atoms with Crippen molar-refractivity contribution in [3.05, 3.63) is 0 Å². The van der Waals surface area contributed by atoms with E-state index < -0.39 is 0 Å². The molecule has 0 radical (unpaired) electrons. The van der Waals surface area contributed by atoms with Crippen LogP contribution in [0.2, 0.25) is 0 Å². The molecule has 19 heavy (non-hydrogen) atoms. The van der Waals surface area contributed by atoms with E-state index in [4.69, 9.17) is 4.74 Å². The van der Waals surface area contributed by atoms with Crippen LogP contribution in [0.1, 0.15) is 65.2 Å². The minimum absolute atomic E-state index is 0.127. The third-order valence-electron chi connectivity index (χ3n) is 4.74. The number of aliphatic hydroxyl groups excluding tert-OH is 1. The standard InChI is InChI=1S/C16H33NO2/c1-4-14-8-7-9-15(12-14)19-11-6-5-10-16(2,13-18)17-3/h14-15,17-18H,4-13H2,1-3H3. The van der Waals surface area contributed by atoms with Crippen LogP contribution >= 0.6 is 0 Å². The van der Waals surface area contributed by atoms with Crippen molar-refractivity contribution in [2.75, 3.05) is 20.3 Å². The first-order valence-corrected chi connectivity index (χ1v) is 8.05. The molecule has 3 heteroatoms. The molecule has 1 saturated carbocycles. The van der Waals surface area contributed by atoms with Gasteiger partial charge in [0.15, 0.2) is 0 Å². The Labute approximate surface area is 119 Å². The largest absolute Gasteiger partial charge is 0.394 e. The zero-order valence-electron chi connectivity index (χ0n) is 13.1. The first kappa shape index (κ1) is 16.9. The summed E-state index contributed by atoms with van der Waals surface area (Å²) in [6.07, 6.45) is 10.3. The van der Waals surface area contributed by atoms with Crippen LogP contribution < -0.4 is 5.32 Å². The molecule has 0 amide bonds. The molecule has 0 spiro atoms. The molecule has 0 aromatic heterocycles. The summed E-state index contributed by atoms with van der Waals surface area (Å²) in [4.78, 5) is 0. The van der Waals surface area contributed by atoms with Gasteiger partial charge in [0.1, 0.15) is 0 Å². The zero-order valence-corrected chi connectivity index (χ0v) is 13.1. The highest BCUT2D eigenvalue weighted by molar-refractivity contribution is 4.80. The van der Waals surface area contributed by atoms with Crippen LogP contribution in [0.25, 0.3) is 0 Å². The van der Waals surface area contributed by atoms with Gasteiger partial charge in [0, 0.05) is 12.1 Å². The van der Waals surface area contributed by atoms with E-state index in [1.807, 2.05) is 7.05 Å². The van der Waals surface area contributed by atoms with Gasteiger partial charge in [-0.3, -0.25) is 0 Å². The molecule has 3 nitrogen and oxygen atoms in total. The average Bonchev–Trinajstić information content (AvgIpc) is 2.47. The third-order valence-corrected chi connectivity index (χ3v) is 4.74. The molecule has 114 valence electrons. The first-order chi connectivity index (χ1) is 9.13. The smallest absolute Gasteiger partial charge is 0.0610 e. The first-order valence-electron chi connectivity index (χ1n) is 8.05. The number of nitrogens with one attached hydrogen (secondary N) is 1. The van der Waals surface area contributed by atoms with E-state index >= 15 is 0 Å². The molecule has 1 aliphatic carbocycles. The van der Waals surface area contributed by atoms with Crippen LogP contribution in [0.15, 0.2) is 0 Å². The lowest BCUT2D eigenvalue weighted by atomic mass is 9.85. The second-order valence-corrected chi connectivity index (χ2v) is 6.36. The molecular formula is C16H33NO2. The summed E-state index contributed by atoms with van der Waals surface area (Å²) < 4.78 is 6.01. The van der Waals surface area contributed by atoms with Gasteiger partial charge in [-0.2, -0.15) is 0 Å². The predicted octanol–water partition coefficient (Wildman–Crippen LogP) is 3.11. The molecule has 0 saturated heterocycles. The lowest BCUT2D eigenvalue weighted by Gasteiger charge is -2.29. The van der Waals surface area contributed by atoms with E-state index in [-0.39, 0.29) is 12.1 Å². The van der Waals surface area contributed by atoms with E-state index in [1.165, 1.54) is 32.1 Å². The molecule has 3 unspecified atom stereocenters. The Morgan fingerprint density at radius 3 is 2.74 bits per heavy atom. The van der Waals surface area contributed by atoms with Gasteiger partial charge < -0.3 is 15.2 Å². The quantitative estimate of drug-likeness (QED) is 0.633. The van der Waals surface area contributed by atoms with Crippen molar-refractivity contribution in [1.29, 1.82) is 0 Å². The number of ether oxygens (including phenoxy) is 1. The molecule has 1 fully saturated rings. The Morgan fingerprint density at radius 1 is 1.32 bits per heavy atom. The third kappa shape index (κ3) is 6.24. The fourth-order valence-corrected chi connectivity index (χ4v) is 2.91. The predicted molar refractivity (Wildman–Crippen MR) is 80.4 cm³/mol. The van der Waals surface area contributed by atoms with E-state index in [1.54, 1.807) is 0 Å². The maximum atomic E-state index is 9.31. The van der Waals surface area contributed by atoms with Gasteiger partial charge >= 0.3 is 0 Å². The number of unbranched alkanes of at least 4 members (excludes halogenated alkanes) is 1. The molecule has 1 rings (SSSR count). The molecule has 0 bridgehead atoms. The summed E-state index contributed by atoms with van der Waals surface area (Å²) in [5, 5.41) is 12.5. The maximum absolute atomic E-state index is 9.31. The van der Waals surface area contributed by atoms with E-state index in [0.29, 0.717) is 6.10 Å². The summed E-state index contributed by atoms with van der Waals surface area (Å²) in [6.45, 7) is 5.44. The fourth-order valence-electron chi connectivity index (χ4n) is 2.91. The van der Waals surface area contributed by atoms with Crippen LogP contribution in [0.5, 0.6) is 0 Å². The van der Waals surface area contributed by atoms with E-state index in [0.717, 1.165) is 31.8 Å². The van der Waals surface area contributed by atoms with Gasteiger partial charge in [0.05, 0.1) is 12.7 Å². The number of likely N-dealkylation sites (N-methyl/N-ethyl adjacent to an activating group) is 1. The van der Waals surface area contributed by atoms with Crippen molar-refractivity contribution in [3.63, 3.8) is 0 Å². The average molecular weight is 271 g/mol. The molecule has 3 atom stereocenters. The van der Waals surface area contributed by atoms with Crippen LogP contribution in [0.3, 0.4) is 0 Å². The maximum Gasteiger partial charge on any atom is 0.0610 e. The van der Waals surface area contributed by atoms with Crippen LogP contribution in [0.4, 0.5) is 0 Å². The molecule has 0 aliphatic heterocycles. The Hall–Kier alpha value is -0.120. The van der Waals surface area contributed by atoms with Gasteiger partial charge in [-0.1, -0.05) is 26.2 Å². The number of hydrogen-bond acceptors (Lipinski definition) is 3. The van der Waals surface area contributed by atoms with Gasteiger partial charge in [0.2, 0.25) is 0 Å². The summed E-state index contributed by atoms with van der Waals surface area (Å²) in [6, 6.07) is 0. The monoisotopic (exact) mass is 271 g/mol. The van der Waals surface area contributed by atoms with E-state index in [9.17, 15) is 5.11 Å². The normalized spacial score (nSPS) is 27.2. The van der Waals surface area contributed by atoms with Gasteiger partial charge in [0.25, 0.3) is 0 Å². The summed E-state index contributed by atoms with van der Waals surface area (Å²) in [5.41, 5.74) is -0.127. The van der Waals surface area contributed by atoms with Gasteiger partial charge in [-0.15, -0.1) is 0 Å². The number of hydrogen-bond donors (Lipinski definition) is 2. The lowest BCUT2D eigenvalue weighted by molar-refractivity contribution is 0.00982. The highest BCUT2D eigenvalue weighted by Crippen LogP contribution is 2.28. The molecular weight excluding hydrogens is 238 g/mol. The Balaban J connectivity index is 2.07. The fraction of sp³-hybridized carbons (Fsp3) is 1.00. The van der Waals surface area contributed by atoms with Crippen LogP contribution in [-0.2, 0) is 4.74 Å². The number of aliphatic hydroxyl groups is 1. The molecule has 0 heterocycles. The topological polar surface area (TPSA) is 41.5 Å².